The monoisotopic (exact) mass is 271 g/mol. The summed E-state index contributed by atoms with van der Waals surface area (Å²) in [5, 5.41) is 8.70. The Morgan fingerprint density at radius 1 is 1.39 bits per heavy atom. The largest absolute Gasteiger partial charge is 0.481 e. The molecule has 0 aliphatic carbocycles. The van der Waals surface area contributed by atoms with E-state index in [1.807, 2.05) is 0 Å². The number of carboxylic acid groups (broad SMARTS) is 1. The second-order valence-corrected chi connectivity index (χ2v) is 6.20. The third kappa shape index (κ3) is 3.08. The summed E-state index contributed by atoms with van der Waals surface area (Å²) in [5.74, 6) is -1.02. The van der Waals surface area contributed by atoms with Crippen LogP contribution in [0.5, 0.6) is 0 Å². The van der Waals surface area contributed by atoms with E-state index in [0.717, 1.165) is 4.31 Å². The average Bonchev–Trinajstić information content (AvgIpc) is 2.27. The molecule has 0 heterocycles. The first-order valence-corrected chi connectivity index (χ1v) is 6.96. The molecule has 0 fully saturated rings. The van der Waals surface area contributed by atoms with Crippen LogP contribution >= 0.6 is 0 Å². The van der Waals surface area contributed by atoms with Gasteiger partial charge in [-0.05, 0) is 25.5 Å². The minimum Gasteiger partial charge on any atom is -0.481 e. The van der Waals surface area contributed by atoms with Gasteiger partial charge in [0.05, 0.1) is 11.3 Å². The second-order valence-electron chi connectivity index (χ2n) is 4.23. The van der Waals surface area contributed by atoms with Gasteiger partial charge in [-0.25, -0.2) is 8.42 Å². The topological polar surface area (TPSA) is 74.7 Å². The van der Waals surface area contributed by atoms with Gasteiger partial charge in [0.2, 0.25) is 10.0 Å². The van der Waals surface area contributed by atoms with Crippen LogP contribution in [-0.2, 0) is 14.8 Å². The Morgan fingerprint density at radius 3 is 2.44 bits per heavy atom. The van der Waals surface area contributed by atoms with Crippen molar-refractivity contribution >= 4 is 16.0 Å². The van der Waals surface area contributed by atoms with Gasteiger partial charge in [-0.3, -0.25) is 4.79 Å². The number of aliphatic carboxylic acids is 1. The Kier molecular flexibility index (Phi) is 4.48. The lowest BCUT2D eigenvalue weighted by Crippen LogP contribution is -2.36. The fraction of sp³-hybridized carbons (Fsp3) is 0.417. The number of sulfonamides is 1. The Balaban J connectivity index is 3.08. The zero-order chi connectivity index (χ0) is 13.9. The van der Waals surface area contributed by atoms with Crippen molar-refractivity contribution in [3.63, 3.8) is 0 Å². The molecule has 1 aromatic carbocycles. The van der Waals surface area contributed by atoms with Crippen molar-refractivity contribution in [2.45, 2.75) is 31.2 Å². The van der Waals surface area contributed by atoms with E-state index in [-0.39, 0.29) is 11.3 Å². The van der Waals surface area contributed by atoms with Crippen LogP contribution in [0.4, 0.5) is 0 Å². The quantitative estimate of drug-likeness (QED) is 0.880. The first-order chi connectivity index (χ1) is 8.26. The van der Waals surface area contributed by atoms with Crippen molar-refractivity contribution in [3.8, 4) is 0 Å². The van der Waals surface area contributed by atoms with E-state index in [0.29, 0.717) is 5.56 Å². The molecule has 6 heteroatoms. The van der Waals surface area contributed by atoms with Crippen LogP contribution < -0.4 is 0 Å². The lowest BCUT2D eigenvalue weighted by Gasteiger charge is -2.23. The third-order valence-corrected chi connectivity index (χ3v) is 4.97. The van der Waals surface area contributed by atoms with Crippen molar-refractivity contribution in [1.29, 1.82) is 0 Å². The van der Waals surface area contributed by atoms with E-state index < -0.39 is 22.0 Å². The van der Waals surface area contributed by atoms with Crippen LogP contribution in [0.1, 0.15) is 18.9 Å². The van der Waals surface area contributed by atoms with Crippen LogP contribution in [0, 0.1) is 6.92 Å². The molecule has 18 heavy (non-hydrogen) atoms. The highest BCUT2D eigenvalue weighted by Crippen LogP contribution is 2.20. The Morgan fingerprint density at radius 2 is 1.94 bits per heavy atom. The molecule has 1 rings (SSSR count). The molecule has 5 nitrogen and oxygen atoms in total. The molecule has 0 amide bonds. The molecule has 0 aromatic heterocycles. The van der Waals surface area contributed by atoms with E-state index in [1.54, 1.807) is 32.0 Å². The number of rotatable bonds is 5. The average molecular weight is 271 g/mol. The SMILES string of the molecule is Cc1ccccc1S(=O)(=O)N(C)C(C)CC(=O)O. The van der Waals surface area contributed by atoms with Gasteiger partial charge in [-0.1, -0.05) is 18.2 Å². The maximum absolute atomic E-state index is 12.3. The molecule has 0 spiro atoms. The normalized spacial score (nSPS) is 13.6. The van der Waals surface area contributed by atoms with Crippen LogP contribution in [0.15, 0.2) is 29.2 Å². The van der Waals surface area contributed by atoms with E-state index in [1.165, 1.54) is 13.1 Å². The summed E-state index contributed by atoms with van der Waals surface area (Å²) in [6, 6.07) is 6.05. The minimum absolute atomic E-state index is 0.213. The van der Waals surface area contributed by atoms with Gasteiger partial charge in [-0.15, -0.1) is 0 Å². The highest BCUT2D eigenvalue weighted by atomic mass is 32.2. The van der Waals surface area contributed by atoms with Crippen molar-refractivity contribution in [1.82, 2.24) is 4.31 Å². The van der Waals surface area contributed by atoms with Gasteiger partial charge in [0, 0.05) is 13.1 Å². The van der Waals surface area contributed by atoms with Gasteiger partial charge in [-0.2, -0.15) is 4.31 Å². The first-order valence-electron chi connectivity index (χ1n) is 5.52. The van der Waals surface area contributed by atoms with Crippen LogP contribution in [0.2, 0.25) is 0 Å². The summed E-state index contributed by atoms with van der Waals surface area (Å²) in [6.07, 6.45) is -0.221. The molecule has 1 aromatic rings. The number of nitrogens with zero attached hydrogens (tertiary/aromatic N) is 1. The lowest BCUT2D eigenvalue weighted by molar-refractivity contribution is -0.137. The number of carbonyl (C=O) groups is 1. The zero-order valence-electron chi connectivity index (χ0n) is 10.6. The molecule has 100 valence electrons. The predicted octanol–water partition coefficient (Wildman–Crippen LogP) is 1.48. The van der Waals surface area contributed by atoms with E-state index in [4.69, 9.17) is 5.11 Å². The number of benzene rings is 1. The maximum Gasteiger partial charge on any atom is 0.304 e. The van der Waals surface area contributed by atoms with Crippen LogP contribution in [0.3, 0.4) is 0 Å². The number of hydrogen-bond donors (Lipinski definition) is 1. The molecule has 0 aliphatic rings. The Bertz CT molecular complexity index is 539. The molecule has 0 saturated carbocycles. The first kappa shape index (κ1) is 14.7. The Labute approximate surface area is 107 Å². The van der Waals surface area contributed by atoms with Crippen LogP contribution in [0.25, 0.3) is 0 Å². The summed E-state index contributed by atoms with van der Waals surface area (Å²) >= 11 is 0. The maximum atomic E-state index is 12.3. The Hall–Kier alpha value is -1.40. The van der Waals surface area contributed by atoms with E-state index >= 15 is 0 Å². The molecule has 0 saturated heterocycles. The van der Waals surface area contributed by atoms with Crippen molar-refractivity contribution in [2.75, 3.05) is 7.05 Å². The fourth-order valence-corrected chi connectivity index (χ4v) is 3.20. The molecular formula is C12H17NO4S. The number of carboxylic acids is 1. The summed E-state index contributed by atoms with van der Waals surface area (Å²) in [4.78, 5) is 10.8. The van der Waals surface area contributed by atoms with Gasteiger partial charge in [0.1, 0.15) is 0 Å². The fourth-order valence-electron chi connectivity index (χ4n) is 1.62. The summed E-state index contributed by atoms with van der Waals surface area (Å²) < 4.78 is 25.7. The van der Waals surface area contributed by atoms with Crippen molar-refractivity contribution < 1.29 is 18.3 Å². The molecular weight excluding hydrogens is 254 g/mol. The van der Waals surface area contributed by atoms with Gasteiger partial charge in [0.15, 0.2) is 0 Å². The third-order valence-electron chi connectivity index (χ3n) is 2.84. The number of hydrogen-bond acceptors (Lipinski definition) is 3. The van der Waals surface area contributed by atoms with Crippen molar-refractivity contribution in [3.05, 3.63) is 29.8 Å². The summed E-state index contributed by atoms with van der Waals surface area (Å²) in [7, 11) is -2.25. The highest BCUT2D eigenvalue weighted by Gasteiger charge is 2.27. The number of aryl methyl sites for hydroxylation is 1. The second kappa shape index (κ2) is 5.49. The van der Waals surface area contributed by atoms with Gasteiger partial charge >= 0.3 is 5.97 Å². The van der Waals surface area contributed by atoms with E-state index in [2.05, 4.69) is 0 Å². The predicted molar refractivity (Wildman–Crippen MR) is 67.8 cm³/mol. The molecule has 1 unspecified atom stereocenters. The van der Waals surface area contributed by atoms with Gasteiger partial charge in [0.25, 0.3) is 0 Å². The zero-order valence-corrected chi connectivity index (χ0v) is 11.4. The lowest BCUT2D eigenvalue weighted by atomic mass is 10.2. The molecule has 1 N–H and O–H groups in total. The summed E-state index contributed by atoms with van der Waals surface area (Å²) in [6.45, 7) is 3.28. The van der Waals surface area contributed by atoms with Crippen LogP contribution in [-0.4, -0.2) is 36.9 Å². The van der Waals surface area contributed by atoms with Gasteiger partial charge < -0.3 is 5.11 Å². The molecule has 0 bridgehead atoms. The smallest absolute Gasteiger partial charge is 0.304 e. The molecule has 0 aliphatic heterocycles. The molecule has 1 atom stereocenters. The van der Waals surface area contributed by atoms with Crippen molar-refractivity contribution in [2.24, 2.45) is 0 Å². The summed E-state index contributed by atoms with van der Waals surface area (Å²) in [5.41, 5.74) is 0.645. The standard InChI is InChI=1S/C12H17NO4S/c1-9-6-4-5-7-11(9)18(16,17)13(3)10(2)8-12(14)15/h4-7,10H,8H2,1-3H3,(H,14,15). The molecule has 0 radical (unpaired) electrons. The van der Waals surface area contributed by atoms with E-state index in [9.17, 15) is 13.2 Å². The minimum atomic E-state index is -3.64. The highest BCUT2D eigenvalue weighted by molar-refractivity contribution is 7.89.